The zero-order valence-electron chi connectivity index (χ0n) is 15.6. The molecule has 2 N–H and O–H groups in total. The van der Waals surface area contributed by atoms with E-state index in [0.29, 0.717) is 35.5 Å². The smallest absolute Gasteiger partial charge is 0.151 e. The van der Waals surface area contributed by atoms with Crippen molar-refractivity contribution in [1.29, 1.82) is 0 Å². The van der Waals surface area contributed by atoms with E-state index in [-0.39, 0.29) is 12.1 Å². The summed E-state index contributed by atoms with van der Waals surface area (Å²) in [5, 5.41) is 21.7. The number of ether oxygens (including phenoxy) is 2. The van der Waals surface area contributed by atoms with Gasteiger partial charge in [-0.15, -0.1) is 10.2 Å². The zero-order valence-corrected chi connectivity index (χ0v) is 16.4. The number of β-amino-alcohol motifs (C(OH)–C–C–N with tert-alkyl or cyclic N) is 1. The predicted octanol–water partition coefficient (Wildman–Crippen LogP) is 3.32. The van der Waals surface area contributed by atoms with Crippen LogP contribution in [0.1, 0.15) is 27.7 Å². The molecule has 26 heavy (non-hydrogen) atoms. The summed E-state index contributed by atoms with van der Waals surface area (Å²) in [7, 11) is 0. The Morgan fingerprint density at radius 2 is 1.92 bits per heavy atom. The van der Waals surface area contributed by atoms with Crippen molar-refractivity contribution in [2.45, 2.75) is 39.3 Å². The summed E-state index contributed by atoms with van der Waals surface area (Å²) in [5.41, 5.74) is 1.32. The molecule has 0 spiro atoms. The van der Waals surface area contributed by atoms with Crippen molar-refractivity contribution in [3.8, 4) is 22.8 Å². The third-order valence-corrected chi connectivity index (χ3v) is 3.67. The first-order valence-corrected chi connectivity index (χ1v) is 8.98. The number of nitrogens with one attached hydrogen (secondary N) is 1. The molecule has 0 saturated carbocycles. The minimum absolute atomic E-state index is 0.0695. The molecule has 1 unspecified atom stereocenters. The lowest BCUT2D eigenvalue weighted by Crippen LogP contribution is -2.42. The van der Waals surface area contributed by atoms with Crippen LogP contribution in [0.15, 0.2) is 30.3 Å². The van der Waals surface area contributed by atoms with Gasteiger partial charge in [0.2, 0.25) is 0 Å². The second-order valence-electron chi connectivity index (χ2n) is 6.93. The Bertz CT molecular complexity index is 702. The molecule has 6 nitrogen and oxygen atoms in total. The molecule has 7 heteroatoms. The number of hydrogen-bond acceptors (Lipinski definition) is 6. The highest BCUT2D eigenvalue weighted by Gasteiger charge is 2.15. The highest BCUT2D eigenvalue weighted by Crippen LogP contribution is 2.32. The summed E-state index contributed by atoms with van der Waals surface area (Å²) < 4.78 is 11.4. The minimum Gasteiger partial charge on any atom is -0.494 e. The fourth-order valence-electron chi connectivity index (χ4n) is 2.22. The molecule has 0 amide bonds. The molecule has 0 aliphatic carbocycles. The first-order valence-electron chi connectivity index (χ1n) is 8.61. The van der Waals surface area contributed by atoms with E-state index in [1.165, 1.54) is 0 Å². The maximum Gasteiger partial charge on any atom is 0.151 e. The molecule has 0 aliphatic rings. The maximum atomic E-state index is 10.2. The van der Waals surface area contributed by atoms with Gasteiger partial charge in [0.1, 0.15) is 24.2 Å². The van der Waals surface area contributed by atoms with Gasteiger partial charge in [-0.1, -0.05) is 11.6 Å². The van der Waals surface area contributed by atoms with E-state index < -0.39 is 6.10 Å². The van der Waals surface area contributed by atoms with Gasteiger partial charge in [0, 0.05) is 23.7 Å². The average molecular weight is 380 g/mol. The molecule has 2 aromatic rings. The van der Waals surface area contributed by atoms with E-state index in [4.69, 9.17) is 21.1 Å². The van der Waals surface area contributed by atoms with Crippen LogP contribution in [0.3, 0.4) is 0 Å². The van der Waals surface area contributed by atoms with Gasteiger partial charge in [-0.2, -0.15) is 0 Å². The number of halogens is 1. The van der Waals surface area contributed by atoms with Crippen LogP contribution >= 0.6 is 11.6 Å². The molecule has 0 fully saturated rings. The van der Waals surface area contributed by atoms with Crippen LogP contribution in [-0.2, 0) is 0 Å². The third kappa shape index (κ3) is 6.44. The Hall–Kier alpha value is -1.89. The van der Waals surface area contributed by atoms with Gasteiger partial charge >= 0.3 is 0 Å². The molecular weight excluding hydrogens is 354 g/mol. The van der Waals surface area contributed by atoms with Gasteiger partial charge in [-0.3, -0.25) is 0 Å². The average Bonchev–Trinajstić information content (AvgIpc) is 2.59. The topological polar surface area (TPSA) is 76.5 Å². The molecule has 2 rings (SSSR count). The van der Waals surface area contributed by atoms with Crippen molar-refractivity contribution >= 4 is 11.6 Å². The second kappa shape index (κ2) is 9.16. The lowest BCUT2D eigenvalue weighted by molar-refractivity contribution is 0.100. The number of aromatic nitrogens is 2. The van der Waals surface area contributed by atoms with Gasteiger partial charge in [0.05, 0.1) is 12.3 Å². The van der Waals surface area contributed by atoms with Crippen molar-refractivity contribution in [2.24, 2.45) is 0 Å². The monoisotopic (exact) mass is 379 g/mol. The van der Waals surface area contributed by atoms with Crippen LogP contribution in [0.2, 0.25) is 5.15 Å². The molecule has 0 saturated heterocycles. The van der Waals surface area contributed by atoms with Gasteiger partial charge in [0.15, 0.2) is 5.15 Å². The first-order chi connectivity index (χ1) is 12.3. The molecule has 1 atom stereocenters. The summed E-state index contributed by atoms with van der Waals surface area (Å²) >= 11 is 5.81. The van der Waals surface area contributed by atoms with E-state index >= 15 is 0 Å². The van der Waals surface area contributed by atoms with Gasteiger partial charge in [0.25, 0.3) is 0 Å². The maximum absolute atomic E-state index is 10.2. The minimum atomic E-state index is -0.644. The Balaban J connectivity index is 2.15. The Labute approximate surface area is 159 Å². The quantitative estimate of drug-likeness (QED) is 0.732. The Kier molecular flexibility index (Phi) is 7.20. The Morgan fingerprint density at radius 1 is 1.15 bits per heavy atom. The van der Waals surface area contributed by atoms with Crippen molar-refractivity contribution in [3.05, 3.63) is 35.5 Å². The SMILES string of the molecule is CCOc1ccc(-c2ccc(Cl)nn2)c(OCC(O)CNC(C)(C)C)c1. The highest BCUT2D eigenvalue weighted by atomic mass is 35.5. The van der Waals surface area contributed by atoms with Crippen molar-refractivity contribution in [3.63, 3.8) is 0 Å². The lowest BCUT2D eigenvalue weighted by Gasteiger charge is -2.23. The van der Waals surface area contributed by atoms with Gasteiger partial charge in [-0.25, -0.2) is 0 Å². The molecule has 0 aliphatic heterocycles. The summed E-state index contributed by atoms with van der Waals surface area (Å²) in [4.78, 5) is 0. The van der Waals surface area contributed by atoms with Crippen LogP contribution in [-0.4, -0.2) is 46.7 Å². The molecule has 142 valence electrons. The molecular formula is C19H26ClN3O3. The number of benzene rings is 1. The van der Waals surface area contributed by atoms with E-state index in [1.54, 1.807) is 18.2 Å². The van der Waals surface area contributed by atoms with Crippen LogP contribution in [0.5, 0.6) is 11.5 Å². The van der Waals surface area contributed by atoms with E-state index in [1.807, 2.05) is 39.8 Å². The van der Waals surface area contributed by atoms with Crippen LogP contribution < -0.4 is 14.8 Å². The molecule has 0 bridgehead atoms. The Morgan fingerprint density at radius 3 is 2.54 bits per heavy atom. The van der Waals surface area contributed by atoms with E-state index in [9.17, 15) is 5.11 Å². The third-order valence-electron chi connectivity index (χ3n) is 3.47. The standard InChI is InChI=1S/C19H26ClN3O3/c1-5-25-14-6-7-15(16-8-9-18(20)23-22-16)17(10-14)26-12-13(24)11-21-19(2,3)4/h6-10,13,21,24H,5,11-12H2,1-4H3. The van der Waals surface area contributed by atoms with Crippen LogP contribution in [0.25, 0.3) is 11.3 Å². The molecule has 1 aromatic heterocycles. The number of hydrogen-bond donors (Lipinski definition) is 2. The molecule has 1 aromatic carbocycles. The van der Waals surface area contributed by atoms with Crippen LogP contribution in [0.4, 0.5) is 0 Å². The lowest BCUT2D eigenvalue weighted by atomic mass is 10.1. The van der Waals surface area contributed by atoms with E-state index in [2.05, 4.69) is 15.5 Å². The van der Waals surface area contributed by atoms with Crippen molar-refractivity contribution < 1.29 is 14.6 Å². The fraction of sp³-hybridized carbons (Fsp3) is 0.474. The van der Waals surface area contributed by atoms with E-state index in [0.717, 1.165) is 5.56 Å². The highest BCUT2D eigenvalue weighted by molar-refractivity contribution is 6.29. The van der Waals surface area contributed by atoms with Crippen molar-refractivity contribution in [2.75, 3.05) is 19.8 Å². The molecule has 1 heterocycles. The summed E-state index contributed by atoms with van der Waals surface area (Å²) in [6.07, 6.45) is -0.644. The zero-order chi connectivity index (χ0) is 19.2. The number of aliphatic hydroxyl groups is 1. The first kappa shape index (κ1) is 20.4. The number of nitrogens with zero attached hydrogens (tertiary/aromatic N) is 2. The summed E-state index contributed by atoms with van der Waals surface area (Å²) in [5.74, 6) is 1.26. The molecule has 0 radical (unpaired) electrons. The van der Waals surface area contributed by atoms with Gasteiger partial charge < -0.3 is 19.9 Å². The number of rotatable bonds is 8. The number of aliphatic hydroxyl groups excluding tert-OH is 1. The fourth-order valence-corrected chi connectivity index (χ4v) is 2.32. The van der Waals surface area contributed by atoms with Crippen molar-refractivity contribution in [1.82, 2.24) is 15.5 Å². The predicted molar refractivity (Wildman–Crippen MR) is 103 cm³/mol. The summed E-state index contributed by atoms with van der Waals surface area (Å²) in [6.45, 7) is 9.19. The second-order valence-corrected chi connectivity index (χ2v) is 7.32. The largest absolute Gasteiger partial charge is 0.494 e. The van der Waals surface area contributed by atoms with Crippen LogP contribution in [0, 0.1) is 0 Å². The van der Waals surface area contributed by atoms with Gasteiger partial charge in [-0.05, 0) is 52.0 Å². The summed E-state index contributed by atoms with van der Waals surface area (Å²) in [6, 6.07) is 8.94. The normalized spacial score (nSPS) is 12.7.